The second kappa shape index (κ2) is 13.8. The number of rotatable bonds is 14. The SMILES string of the molecule is C=CC(=C)C(C)(O)C(C)CCCCC/C(C)=C/C=C/C=C/CCC(C)C. The zero-order valence-electron chi connectivity index (χ0n) is 17.9. The maximum atomic E-state index is 10.5. The maximum Gasteiger partial charge on any atom is 0.0888 e. The van der Waals surface area contributed by atoms with Gasteiger partial charge < -0.3 is 5.11 Å². The first-order valence-electron chi connectivity index (χ1n) is 10.2. The van der Waals surface area contributed by atoms with Crippen molar-refractivity contribution >= 4 is 0 Å². The van der Waals surface area contributed by atoms with Crippen LogP contribution in [-0.4, -0.2) is 10.7 Å². The largest absolute Gasteiger partial charge is 0.385 e. The van der Waals surface area contributed by atoms with Crippen molar-refractivity contribution in [3.05, 3.63) is 60.8 Å². The molecule has 0 fully saturated rings. The van der Waals surface area contributed by atoms with E-state index in [0.717, 1.165) is 31.6 Å². The van der Waals surface area contributed by atoms with Gasteiger partial charge in [-0.1, -0.05) is 88.8 Å². The Morgan fingerprint density at radius 2 is 1.73 bits per heavy atom. The van der Waals surface area contributed by atoms with E-state index in [1.54, 1.807) is 6.08 Å². The number of hydrogen-bond donors (Lipinski definition) is 1. The van der Waals surface area contributed by atoms with E-state index in [-0.39, 0.29) is 5.92 Å². The number of aliphatic hydroxyl groups is 1. The van der Waals surface area contributed by atoms with Gasteiger partial charge in [0.05, 0.1) is 5.60 Å². The monoisotopic (exact) mass is 358 g/mol. The molecular formula is C25H42O. The Bertz CT molecular complexity index is 488. The Labute approximate surface area is 163 Å². The predicted molar refractivity (Wildman–Crippen MR) is 118 cm³/mol. The molecule has 0 aliphatic heterocycles. The highest BCUT2D eigenvalue weighted by Gasteiger charge is 2.29. The van der Waals surface area contributed by atoms with Crippen LogP contribution < -0.4 is 0 Å². The van der Waals surface area contributed by atoms with E-state index in [0.29, 0.717) is 5.57 Å². The fourth-order valence-electron chi connectivity index (χ4n) is 2.81. The van der Waals surface area contributed by atoms with Gasteiger partial charge >= 0.3 is 0 Å². The summed E-state index contributed by atoms with van der Waals surface area (Å²) in [5, 5.41) is 10.5. The van der Waals surface area contributed by atoms with Crippen LogP contribution in [0.5, 0.6) is 0 Å². The summed E-state index contributed by atoms with van der Waals surface area (Å²) < 4.78 is 0. The highest BCUT2D eigenvalue weighted by molar-refractivity contribution is 5.23. The van der Waals surface area contributed by atoms with Crippen LogP contribution >= 0.6 is 0 Å². The first kappa shape index (κ1) is 24.7. The molecule has 1 nitrogen and oxygen atoms in total. The van der Waals surface area contributed by atoms with Crippen molar-refractivity contribution in [3.8, 4) is 0 Å². The third-order valence-electron chi connectivity index (χ3n) is 5.21. The van der Waals surface area contributed by atoms with E-state index in [4.69, 9.17) is 0 Å². The van der Waals surface area contributed by atoms with Gasteiger partial charge in [-0.3, -0.25) is 0 Å². The lowest BCUT2D eigenvalue weighted by molar-refractivity contribution is 0.0413. The Hall–Kier alpha value is -1.34. The normalized spacial score (nSPS) is 16.3. The van der Waals surface area contributed by atoms with E-state index in [9.17, 15) is 5.11 Å². The zero-order chi connectivity index (χ0) is 20.0. The molecule has 1 heteroatoms. The number of unbranched alkanes of at least 4 members (excludes halogenated alkanes) is 2. The van der Waals surface area contributed by atoms with Crippen LogP contribution in [0.1, 0.15) is 79.6 Å². The van der Waals surface area contributed by atoms with Crippen LogP contribution in [0.4, 0.5) is 0 Å². The van der Waals surface area contributed by atoms with Crippen molar-refractivity contribution in [2.45, 2.75) is 85.2 Å². The smallest absolute Gasteiger partial charge is 0.0888 e. The molecule has 0 spiro atoms. The quantitative estimate of drug-likeness (QED) is 0.251. The van der Waals surface area contributed by atoms with Crippen LogP contribution in [0.2, 0.25) is 0 Å². The Morgan fingerprint density at radius 1 is 1.04 bits per heavy atom. The molecule has 0 rings (SSSR count). The summed E-state index contributed by atoms with van der Waals surface area (Å²) in [5.74, 6) is 0.982. The molecule has 0 radical (unpaired) electrons. The van der Waals surface area contributed by atoms with Crippen molar-refractivity contribution in [2.75, 3.05) is 0 Å². The number of hydrogen-bond acceptors (Lipinski definition) is 1. The van der Waals surface area contributed by atoms with Gasteiger partial charge in [0, 0.05) is 0 Å². The second-order valence-electron chi connectivity index (χ2n) is 8.17. The van der Waals surface area contributed by atoms with Gasteiger partial charge in [0.1, 0.15) is 0 Å². The molecule has 26 heavy (non-hydrogen) atoms. The zero-order valence-corrected chi connectivity index (χ0v) is 17.9. The predicted octanol–water partition coefficient (Wildman–Crippen LogP) is 7.56. The van der Waals surface area contributed by atoms with E-state index in [1.807, 2.05) is 6.92 Å². The molecular weight excluding hydrogens is 316 g/mol. The van der Waals surface area contributed by atoms with Gasteiger partial charge in [-0.05, 0) is 63.4 Å². The first-order valence-corrected chi connectivity index (χ1v) is 10.2. The average molecular weight is 359 g/mol. The average Bonchev–Trinajstić information content (AvgIpc) is 2.59. The molecule has 148 valence electrons. The molecule has 0 saturated heterocycles. The summed E-state index contributed by atoms with van der Waals surface area (Å²) in [5.41, 5.74) is 1.30. The summed E-state index contributed by atoms with van der Waals surface area (Å²) in [6, 6.07) is 0. The number of allylic oxidation sites excluding steroid dienone is 6. The van der Waals surface area contributed by atoms with Crippen molar-refractivity contribution in [3.63, 3.8) is 0 Å². The van der Waals surface area contributed by atoms with E-state index >= 15 is 0 Å². The molecule has 1 N–H and O–H groups in total. The molecule has 0 heterocycles. The summed E-state index contributed by atoms with van der Waals surface area (Å²) in [6.45, 7) is 18.3. The molecule has 0 amide bonds. The highest BCUT2D eigenvalue weighted by atomic mass is 16.3. The van der Waals surface area contributed by atoms with E-state index in [2.05, 4.69) is 71.2 Å². The summed E-state index contributed by atoms with van der Waals surface area (Å²) in [4.78, 5) is 0. The van der Waals surface area contributed by atoms with Crippen molar-refractivity contribution in [1.29, 1.82) is 0 Å². The summed E-state index contributed by atoms with van der Waals surface area (Å²) in [7, 11) is 0. The standard InChI is InChI=1S/C25H42O/c1-8-23(5)25(7,26)24(6)20-16-12-15-19-22(4)18-14-11-9-10-13-17-21(2)3/h8-11,14,18,21,24,26H,1,5,12-13,15-17,19-20H2,2-4,6-7H3/b10-9+,14-11+,22-18+. The summed E-state index contributed by atoms with van der Waals surface area (Å²) >= 11 is 0. The molecule has 0 aromatic rings. The van der Waals surface area contributed by atoms with Crippen LogP contribution in [0, 0.1) is 11.8 Å². The third kappa shape index (κ3) is 11.3. The van der Waals surface area contributed by atoms with E-state index in [1.165, 1.54) is 24.8 Å². The molecule has 0 bridgehead atoms. The topological polar surface area (TPSA) is 20.2 Å². The Kier molecular flexibility index (Phi) is 13.1. The molecule has 2 unspecified atom stereocenters. The van der Waals surface area contributed by atoms with Crippen molar-refractivity contribution in [2.24, 2.45) is 11.8 Å². The maximum absolute atomic E-state index is 10.5. The molecule has 0 aliphatic rings. The van der Waals surface area contributed by atoms with Crippen LogP contribution in [0.3, 0.4) is 0 Å². The van der Waals surface area contributed by atoms with Crippen molar-refractivity contribution in [1.82, 2.24) is 0 Å². The van der Waals surface area contributed by atoms with Crippen LogP contribution in [-0.2, 0) is 0 Å². The molecule has 2 atom stereocenters. The van der Waals surface area contributed by atoms with Gasteiger partial charge in [-0.2, -0.15) is 0 Å². The van der Waals surface area contributed by atoms with Crippen LogP contribution in [0.25, 0.3) is 0 Å². The highest BCUT2D eigenvalue weighted by Crippen LogP contribution is 2.29. The van der Waals surface area contributed by atoms with E-state index < -0.39 is 5.60 Å². The van der Waals surface area contributed by atoms with Gasteiger partial charge in [0.15, 0.2) is 0 Å². The third-order valence-corrected chi connectivity index (χ3v) is 5.21. The lowest BCUT2D eigenvalue weighted by Gasteiger charge is -2.31. The lowest BCUT2D eigenvalue weighted by Crippen LogP contribution is -2.34. The molecule has 0 aromatic carbocycles. The minimum Gasteiger partial charge on any atom is -0.385 e. The van der Waals surface area contributed by atoms with Gasteiger partial charge in [-0.25, -0.2) is 0 Å². The van der Waals surface area contributed by atoms with Gasteiger partial charge in [0.25, 0.3) is 0 Å². The molecule has 0 aromatic heterocycles. The first-order chi connectivity index (χ1) is 12.2. The second-order valence-corrected chi connectivity index (χ2v) is 8.17. The Balaban J connectivity index is 3.96. The molecule has 0 aliphatic carbocycles. The van der Waals surface area contributed by atoms with Gasteiger partial charge in [-0.15, -0.1) is 0 Å². The summed E-state index contributed by atoms with van der Waals surface area (Å²) in [6.07, 6.45) is 20.7. The Morgan fingerprint density at radius 3 is 2.35 bits per heavy atom. The lowest BCUT2D eigenvalue weighted by atomic mass is 9.81. The fraction of sp³-hybridized carbons (Fsp3) is 0.600. The van der Waals surface area contributed by atoms with Gasteiger partial charge in [0.2, 0.25) is 0 Å². The minimum atomic E-state index is -0.842. The fourth-order valence-corrected chi connectivity index (χ4v) is 2.81. The minimum absolute atomic E-state index is 0.204. The van der Waals surface area contributed by atoms with Crippen LogP contribution in [0.15, 0.2) is 60.8 Å². The molecule has 0 saturated carbocycles. The van der Waals surface area contributed by atoms with Crippen molar-refractivity contribution < 1.29 is 5.11 Å².